The van der Waals surface area contributed by atoms with Crippen LogP contribution in [0.1, 0.15) is 20.8 Å². The van der Waals surface area contributed by atoms with Gasteiger partial charge >= 0.3 is 0 Å². The lowest BCUT2D eigenvalue weighted by molar-refractivity contribution is 0.304. The van der Waals surface area contributed by atoms with Gasteiger partial charge in [-0.25, -0.2) is 13.1 Å². The van der Waals surface area contributed by atoms with Crippen LogP contribution in [0.3, 0.4) is 0 Å². The molecule has 0 aliphatic carbocycles. The van der Waals surface area contributed by atoms with E-state index < -0.39 is 16.1 Å². The summed E-state index contributed by atoms with van der Waals surface area (Å²) in [7, 11) is -3.75. The first kappa shape index (κ1) is 16.7. The van der Waals surface area contributed by atoms with Gasteiger partial charge in [-0.1, -0.05) is 44.0 Å². The first-order chi connectivity index (χ1) is 8.58. The second-order valence-corrected chi connectivity index (χ2v) is 7.88. The van der Waals surface area contributed by atoms with Crippen LogP contribution in [0.5, 0.6) is 0 Å². The largest absolute Gasteiger partial charge is 0.329 e. The lowest BCUT2D eigenvalue weighted by Gasteiger charge is -2.30. The summed E-state index contributed by atoms with van der Waals surface area (Å²) in [5, 5.41) is 0.436. The highest BCUT2D eigenvalue weighted by Gasteiger charge is 2.29. The first-order valence-corrected chi connectivity index (χ1v) is 7.99. The fourth-order valence-electron chi connectivity index (χ4n) is 1.51. The van der Waals surface area contributed by atoms with Gasteiger partial charge in [-0.05, 0) is 23.6 Å². The molecule has 0 saturated heterocycles. The Morgan fingerprint density at radius 3 is 2.37 bits per heavy atom. The molecule has 1 atom stereocenters. The van der Waals surface area contributed by atoms with Crippen molar-refractivity contribution in [3.63, 3.8) is 0 Å². The second kappa shape index (κ2) is 5.97. The highest BCUT2D eigenvalue weighted by molar-refractivity contribution is 7.89. The smallest absolute Gasteiger partial charge is 0.242 e. The standard InChI is InChI=1S/C12H18Cl2N2O2S/c1-12(2,3)11(7-15)16-19(17,18)10-6-8(13)4-5-9(10)14/h4-6,11,16H,7,15H2,1-3H3. The van der Waals surface area contributed by atoms with Crippen molar-refractivity contribution in [1.29, 1.82) is 0 Å². The van der Waals surface area contributed by atoms with Crippen molar-refractivity contribution < 1.29 is 8.42 Å². The van der Waals surface area contributed by atoms with Gasteiger partial charge in [0.25, 0.3) is 0 Å². The predicted octanol–water partition coefficient (Wildman–Crippen LogP) is 2.65. The molecule has 0 aliphatic heterocycles. The quantitative estimate of drug-likeness (QED) is 0.894. The number of benzene rings is 1. The molecule has 0 bridgehead atoms. The maximum absolute atomic E-state index is 12.3. The van der Waals surface area contributed by atoms with Crippen LogP contribution < -0.4 is 10.5 Å². The van der Waals surface area contributed by atoms with Crippen LogP contribution in [-0.2, 0) is 10.0 Å². The molecule has 4 nitrogen and oxygen atoms in total. The van der Waals surface area contributed by atoms with Gasteiger partial charge < -0.3 is 5.73 Å². The van der Waals surface area contributed by atoms with E-state index in [-0.39, 0.29) is 21.9 Å². The molecule has 0 radical (unpaired) electrons. The van der Waals surface area contributed by atoms with Crippen molar-refractivity contribution in [3.05, 3.63) is 28.2 Å². The minimum absolute atomic E-state index is 0.0376. The van der Waals surface area contributed by atoms with Crippen molar-refractivity contribution >= 4 is 33.2 Å². The number of rotatable bonds is 4. The monoisotopic (exact) mass is 324 g/mol. The molecule has 108 valence electrons. The number of hydrogen-bond donors (Lipinski definition) is 2. The van der Waals surface area contributed by atoms with E-state index in [1.165, 1.54) is 18.2 Å². The Morgan fingerprint density at radius 2 is 1.89 bits per heavy atom. The highest BCUT2D eigenvalue weighted by atomic mass is 35.5. The maximum atomic E-state index is 12.3. The summed E-state index contributed by atoms with van der Waals surface area (Å²) in [6.07, 6.45) is 0. The van der Waals surface area contributed by atoms with Crippen LogP contribution in [-0.4, -0.2) is 21.0 Å². The van der Waals surface area contributed by atoms with Crippen LogP contribution in [0.4, 0.5) is 0 Å². The summed E-state index contributed by atoms with van der Waals surface area (Å²) in [4.78, 5) is -0.0376. The molecule has 0 spiro atoms. The van der Waals surface area contributed by atoms with Crippen molar-refractivity contribution in [2.45, 2.75) is 31.7 Å². The molecule has 3 N–H and O–H groups in total. The minimum atomic E-state index is -3.75. The number of halogens is 2. The lowest BCUT2D eigenvalue weighted by atomic mass is 9.88. The summed E-state index contributed by atoms with van der Waals surface area (Å²) in [5.74, 6) is 0. The van der Waals surface area contributed by atoms with E-state index in [0.717, 1.165) is 0 Å². The van der Waals surface area contributed by atoms with Crippen LogP contribution in [0.2, 0.25) is 10.0 Å². The van der Waals surface area contributed by atoms with E-state index in [2.05, 4.69) is 4.72 Å². The van der Waals surface area contributed by atoms with Crippen molar-refractivity contribution in [1.82, 2.24) is 4.72 Å². The maximum Gasteiger partial charge on any atom is 0.242 e. The summed E-state index contributed by atoms with van der Waals surface area (Å²) >= 11 is 11.7. The molecule has 1 unspecified atom stereocenters. The summed E-state index contributed by atoms with van der Waals surface area (Å²) in [5.41, 5.74) is 5.33. The number of nitrogens with two attached hydrogens (primary N) is 1. The fraction of sp³-hybridized carbons (Fsp3) is 0.500. The number of hydrogen-bond acceptors (Lipinski definition) is 3. The van der Waals surface area contributed by atoms with Gasteiger partial charge in [-0.3, -0.25) is 0 Å². The van der Waals surface area contributed by atoms with E-state index in [4.69, 9.17) is 28.9 Å². The summed E-state index contributed by atoms with van der Waals surface area (Å²) < 4.78 is 27.2. The molecule has 0 aliphatic rings. The van der Waals surface area contributed by atoms with Crippen LogP contribution in [0, 0.1) is 5.41 Å². The summed E-state index contributed by atoms with van der Waals surface area (Å²) in [6.45, 7) is 5.92. The van der Waals surface area contributed by atoms with E-state index in [1.54, 1.807) is 0 Å². The zero-order valence-corrected chi connectivity index (χ0v) is 13.4. The first-order valence-electron chi connectivity index (χ1n) is 5.75. The zero-order valence-electron chi connectivity index (χ0n) is 11.1. The Morgan fingerprint density at radius 1 is 1.32 bits per heavy atom. The number of nitrogens with one attached hydrogen (secondary N) is 1. The third-order valence-corrected chi connectivity index (χ3v) is 4.95. The number of sulfonamides is 1. The molecule has 0 amide bonds. The Bertz CT molecular complexity index is 553. The van der Waals surface area contributed by atoms with Gasteiger partial charge in [-0.15, -0.1) is 0 Å². The molecule has 1 rings (SSSR count). The molecule has 1 aromatic carbocycles. The third kappa shape index (κ3) is 4.33. The van der Waals surface area contributed by atoms with Crippen LogP contribution in [0.15, 0.2) is 23.1 Å². The molecule has 7 heteroatoms. The van der Waals surface area contributed by atoms with Crippen molar-refractivity contribution in [2.75, 3.05) is 6.54 Å². The van der Waals surface area contributed by atoms with E-state index in [1.807, 2.05) is 20.8 Å². The van der Waals surface area contributed by atoms with Gasteiger partial charge in [0.2, 0.25) is 10.0 Å². The Hall–Kier alpha value is -0.330. The lowest BCUT2D eigenvalue weighted by Crippen LogP contribution is -2.48. The molecule has 0 heterocycles. The molecule has 19 heavy (non-hydrogen) atoms. The van der Waals surface area contributed by atoms with Crippen LogP contribution >= 0.6 is 23.2 Å². The molecular weight excluding hydrogens is 307 g/mol. The molecule has 0 fully saturated rings. The topological polar surface area (TPSA) is 72.2 Å². The predicted molar refractivity (Wildman–Crippen MR) is 79.1 cm³/mol. The minimum Gasteiger partial charge on any atom is -0.329 e. The Balaban J connectivity index is 3.14. The molecule has 0 aromatic heterocycles. The van der Waals surface area contributed by atoms with E-state index in [9.17, 15) is 8.42 Å². The van der Waals surface area contributed by atoms with E-state index in [0.29, 0.717) is 5.02 Å². The Labute approximate surface area is 124 Å². The van der Waals surface area contributed by atoms with Crippen LogP contribution in [0.25, 0.3) is 0 Å². The van der Waals surface area contributed by atoms with Gasteiger partial charge in [-0.2, -0.15) is 0 Å². The van der Waals surface area contributed by atoms with Gasteiger partial charge in [0.15, 0.2) is 0 Å². The van der Waals surface area contributed by atoms with Gasteiger partial charge in [0, 0.05) is 17.6 Å². The fourth-order valence-corrected chi connectivity index (χ4v) is 3.73. The average molecular weight is 325 g/mol. The van der Waals surface area contributed by atoms with E-state index >= 15 is 0 Å². The summed E-state index contributed by atoms with van der Waals surface area (Å²) in [6, 6.07) is 3.91. The molecular formula is C12H18Cl2N2O2S. The third-order valence-electron chi connectivity index (χ3n) is 2.76. The van der Waals surface area contributed by atoms with Crippen molar-refractivity contribution in [2.24, 2.45) is 11.1 Å². The molecule has 0 saturated carbocycles. The average Bonchev–Trinajstić information content (AvgIpc) is 2.27. The second-order valence-electron chi connectivity index (χ2n) is 5.35. The zero-order chi connectivity index (χ0) is 14.8. The molecule has 1 aromatic rings. The SMILES string of the molecule is CC(C)(C)C(CN)NS(=O)(=O)c1cc(Cl)ccc1Cl. The Kier molecular flexibility index (Phi) is 5.26. The van der Waals surface area contributed by atoms with Crippen molar-refractivity contribution in [3.8, 4) is 0 Å². The van der Waals surface area contributed by atoms with Gasteiger partial charge in [0.1, 0.15) is 4.90 Å². The normalized spacial score (nSPS) is 14.4. The highest BCUT2D eigenvalue weighted by Crippen LogP contribution is 2.27. The van der Waals surface area contributed by atoms with Gasteiger partial charge in [0.05, 0.1) is 5.02 Å².